The zero-order valence-electron chi connectivity index (χ0n) is 23.4. The third kappa shape index (κ3) is 23.6. The number of nitrogens with one attached hydrogen (secondary N) is 4. The van der Waals surface area contributed by atoms with E-state index in [0.29, 0.717) is 59.2 Å². The number of amides is 4. The zero-order chi connectivity index (χ0) is 28.8. The number of hydrogen-bond acceptors (Lipinski definition) is 9. The summed E-state index contributed by atoms with van der Waals surface area (Å²) in [7, 11) is 0. The van der Waals surface area contributed by atoms with Crippen LogP contribution in [0.1, 0.15) is 60.3 Å². The van der Waals surface area contributed by atoms with E-state index in [-0.39, 0.29) is 37.0 Å². The Hall–Kier alpha value is -2.77. The standard InChI is InChI=1S/C25H46N4O9/c1-19(30)18-28-23(33)21(29-24(34)38-25(3,4)5)8-9-22(32)27-11-7-13-36-15-17-37-16-14-35-12-6-10-26-20(2)31/h21H,6-18H2,1-5H3,(H,26,31)(H,27,32)(H,28,33)(H,29,34)/t21-/m0/s1. The number of carbonyl (C=O) groups excluding carboxylic acids is 5. The highest BCUT2D eigenvalue weighted by Crippen LogP contribution is 2.08. The third-order valence-electron chi connectivity index (χ3n) is 4.55. The largest absolute Gasteiger partial charge is 0.444 e. The van der Waals surface area contributed by atoms with Gasteiger partial charge in [-0.05, 0) is 47.0 Å². The van der Waals surface area contributed by atoms with Crippen molar-refractivity contribution < 1.29 is 42.9 Å². The van der Waals surface area contributed by atoms with Crippen molar-refractivity contribution in [3.05, 3.63) is 0 Å². The topological polar surface area (TPSA) is 170 Å². The molecule has 1 atom stereocenters. The van der Waals surface area contributed by atoms with Crippen molar-refractivity contribution >= 4 is 29.6 Å². The second kappa shape index (κ2) is 21.2. The van der Waals surface area contributed by atoms with E-state index in [1.807, 2.05) is 0 Å². The van der Waals surface area contributed by atoms with Gasteiger partial charge in [0.05, 0.1) is 33.0 Å². The van der Waals surface area contributed by atoms with Crippen LogP contribution in [0.2, 0.25) is 0 Å². The van der Waals surface area contributed by atoms with E-state index in [1.165, 1.54) is 13.8 Å². The normalized spacial score (nSPS) is 11.8. The number of alkyl carbamates (subject to hydrolysis) is 1. The van der Waals surface area contributed by atoms with Crippen LogP contribution in [0, 0.1) is 0 Å². The molecule has 13 nitrogen and oxygen atoms in total. The molecule has 0 saturated heterocycles. The Bertz CT molecular complexity index is 726. The minimum absolute atomic E-state index is 0.00202. The quantitative estimate of drug-likeness (QED) is 0.149. The Morgan fingerprint density at radius 2 is 1.26 bits per heavy atom. The van der Waals surface area contributed by atoms with Crippen molar-refractivity contribution in [1.82, 2.24) is 21.3 Å². The number of ether oxygens (including phenoxy) is 4. The maximum atomic E-state index is 12.4. The Kier molecular flexibility index (Phi) is 19.6. The fraction of sp³-hybridized carbons (Fsp3) is 0.800. The molecular weight excluding hydrogens is 500 g/mol. The Morgan fingerprint density at radius 3 is 1.76 bits per heavy atom. The summed E-state index contributed by atoms with van der Waals surface area (Å²) in [4.78, 5) is 58.5. The van der Waals surface area contributed by atoms with Gasteiger partial charge in [-0.2, -0.15) is 0 Å². The number of carbonyl (C=O) groups is 5. The summed E-state index contributed by atoms with van der Waals surface area (Å²) in [6.07, 6.45) is 0.606. The molecule has 0 heterocycles. The van der Waals surface area contributed by atoms with E-state index >= 15 is 0 Å². The van der Waals surface area contributed by atoms with E-state index in [1.54, 1.807) is 20.8 Å². The van der Waals surface area contributed by atoms with Crippen LogP contribution in [-0.2, 0) is 38.1 Å². The van der Waals surface area contributed by atoms with Gasteiger partial charge in [0.1, 0.15) is 17.4 Å². The van der Waals surface area contributed by atoms with Gasteiger partial charge in [0.2, 0.25) is 17.7 Å². The van der Waals surface area contributed by atoms with Crippen molar-refractivity contribution in [1.29, 1.82) is 0 Å². The van der Waals surface area contributed by atoms with Gasteiger partial charge >= 0.3 is 6.09 Å². The molecule has 0 bridgehead atoms. The summed E-state index contributed by atoms with van der Waals surface area (Å²) in [5.74, 6) is -1.13. The maximum Gasteiger partial charge on any atom is 0.408 e. The summed E-state index contributed by atoms with van der Waals surface area (Å²) < 4.78 is 21.4. The highest BCUT2D eigenvalue weighted by atomic mass is 16.6. The smallest absolute Gasteiger partial charge is 0.408 e. The molecule has 0 aliphatic rings. The minimum atomic E-state index is -1.02. The van der Waals surface area contributed by atoms with Gasteiger partial charge in [-0.25, -0.2) is 4.79 Å². The molecular formula is C25H46N4O9. The van der Waals surface area contributed by atoms with Gasteiger partial charge in [-0.15, -0.1) is 0 Å². The lowest BCUT2D eigenvalue weighted by atomic mass is 10.1. The molecule has 38 heavy (non-hydrogen) atoms. The molecule has 0 aromatic carbocycles. The van der Waals surface area contributed by atoms with Crippen molar-refractivity contribution in [3.63, 3.8) is 0 Å². The van der Waals surface area contributed by atoms with E-state index < -0.39 is 23.6 Å². The molecule has 0 fully saturated rings. The second-order valence-electron chi connectivity index (χ2n) is 9.53. The molecule has 0 spiro atoms. The van der Waals surface area contributed by atoms with E-state index in [9.17, 15) is 24.0 Å². The van der Waals surface area contributed by atoms with Gasteiger partial charge in [0.25, 0.3) is 0 Å². The molecule has 220 valence electrons. The molecule has 4 amide bonds. The molecule has 0 aliphatic heterocycles. The first-order chi connectivity index (χ1) is 17.9. The monoisotopic (exact) mass is 546 g/mol. The van der Waals surface area contributed by atoms with Gasteiger partial charge in [-0.3, -0.25) is 19.2 Å². The molecule has 13 heteroatoms. The fourth-order valence-electron chi connectivity index (χ4n) is 2.80. The molecule has 0 unspecified atom stereocenters. The average molecular weight is 547 g/mol. The second-order valence-corrected chi connectivity index (χ2v) is 9.53. The van der Waals surface area contributed by atoms with Gasteiger partial charge in [0.15, 0.2) is 0 Å². The number of rotatable bonds is 21. The maximum absolute atomic E-state index is 12.4. The molecule has 0 aliphatic carbocycles. The summed E-state index contributed by atoms with van der Waals surface area (Å²) in [5.41, 5.74) is -0.749. The predicted octanol–water partition coefficient (Wildman–Crippen LogP) is 0.447. The average Bonchev–Trinajstić information content (AvgIpc) is 2.81. The number of Topliss-reactive ketones (excluding diaryl/α,β-unsaturated/α-hetero) is 1. The molecule has 0 aromatic heterocycles. The van der Waals surface area contributed by atoms with Crippen molar-refractivity contribution in [2.75, 3.05) is 59.3 Å². The summed E-state index contributed by atoms with van der Waals surface area (Å²) in [6.45, 7) is 11.5. The van der Waals surface area contributed by atoms with Crippen molar-refractivity contribution in [2.45, 2.75) is 71.9 Å². The van der Waals surface area contributed by atoms with Gasteiger partial charge in [-0.1, -0.05) is 0 Å². The Morgan fingerprint density at radius 1 is 0.737 bits per heavy atom. The fourth-order valence-corrected chi connectivity index (χ4v) is 2.80. The molecule has 0 rings (SSSR count). The SMILES string of the molecule is CC(=O)CNC(=O)[C@H](CCC(=O)NCCCOCCOCCOCCCNC(C)=O)NC(=O)OC(C)(C)C. The minimum Gasteiger partial charge on any atom is -0.444 e. The lowest BCUT2D eigenvalue weighted by Gasteiger charge is -2.23. The van der Waals surface area contributed by atoms with Crippen LogP contribution in [0.15, 0.2) is 0 Å². The van der Waals surface area contributed by atoms with Crippen molar-refractivity contribution in [3.8, 4) is 0 Å². The van der Waals surface area contributed by atoms with E-state index in [2.05, 4.69) is 21.3 Å². The van der Waals surface area contributed by atoms with Crippen LogP contribution in [0.5, 0.6) is 0 Å². The summed E-state index contributed by atoms with van der Waals surface area (Å²) in [6, 6.07) is -1.02. The molecule has 4 N–H and O–H groups in total. The Balaban J connectivity index is 3.96. The summed E-state index contributed by atoms with van der Waals surface area (Å²) in [5, 5.41) is 10.3. The Labute approximate surface area is 225 Å². The van der Waals surface area contributed by atoms with Crippen LogP contribution in [0.25, 0.3) is 0 Å². The van der Waals surface area contributed by atoms with Crippen LogP contribution in [0.4, 0.5) is 4.79 Å². The predicted molar refractivity (Wildman–Crippen MR) is 139 cm³/mol. The molecule has 0 saturated carbocycles. The third-order valence-corrected chi connectivity index (χ3v) is 4.55. The highest BCUT2D eigenvalue weighted by molar-refractivity contribution is 5.89. The van der Waals surface area contributed by atoms with E-state index in [0.717, 1.165) is 6.42 Å². The lowest BCUT2D eigenvalue weighted by molar-refractivity contribution is -0.126. The van der Waals surface area contributed by atoms with E-state index in [4.69, 9.17) is 18.9 Å². The van der Waals surface area contributed by atoms with Crippen molar-refractivity contribution in [2.24, 2.45) is 0 Å². The lowest BCUT2D eigenvalue weighted by Crippen LogP contribution is -2.49. The number of ketones is 1. The van der Waals surface area contributed by atoms with Crippen LogP contribution in [0.3, 0.4) is 0 Å². The zero-order valence-corrected chi connectivity index (χ0v) is 23.4. The molecule has 0 aromatic rings. The first-order valence-electron chi connectivity index (χ1n) is 12.9. The van der Waals surface area contributed by atoms with Crippen LogP contribution < -0.4 is 21.3 Å². The summed E-state index contributed by atoms with van der Waals surface area (Å²) >= 11 is 0. The first-order valence-corrected chi connectivity index (χ1v) is 12.9. The van der Waals surface area contributed by atoms with Gasteiger partial charge in [0, 0.05) is 39.6 Å². The van der Waals surface area contributed by atoms with Crippen LogP contribution >= 0.6 is 0 Å². The number of hydrogen-bond donors (Lipinski definition) is 4. The van der Waals surface area contributed by atoms with Gasteiger partial charge < -0.3 is 40.2 Å². The highest BCUT2D eigenvalue weighted by Gasteiger charge is 2.25. The first kappa shape index (κ1) is 35.2. The molecule has 0 radical (unpaired) electrons. The van der Waals surface area contributed by atoms with Crippen LogP contribution in [-0.4, -0.2) is 101 Å².